The first-order chi connectivity index (χ1) is 12.4. The summed E-state index contributed by atoms with van der Waals surface area (Å²) in [5.41, 5.74) is 2.87. The maximum absolute atomic E-state index is 11.6. The minimum absolute atomic E-state index is 0.0414. The molecule has 4 rings (SSSR count). The summed E-state index contributed by atoms with van der Waals surface area (Å²) in [7, 11) is 3.95. The van der Waals surface area contributed by atoms with Crippen molar-refractivity contribution in [1.29, 1.82) is 0 Å². The SMILES string of the molecule is COc1ccc2c(c1)[C@@]1(C)CCN(C)C(C2)C1N1CCCC(C(=O)O)C1. The molecular weight excluding hydrogens is 328 g/mol. The predicted octanol–water partition coefficient (Wildman–Crippen LogP) is 2.38. The molecule has 1 aromatic rings. The lowest BCUT2D eigenvalue weighted by Crippen LogP contribution is -2.68. The second-order valence-electron chi connectivity index (χ2n) is 8.56. The number of piperidine rings is 2. The van der Waals surface area contributed by atoms with E-state index in [0.717, 1.165) is 44.5 Å². The Hall–Kier alpha value is -1.59. The lowest BCUT2D eigenvalue weighted by Gasteiger charge is -2.59. The van der Waals surface area contributed by atoms with Crippen molar-refractivity contribution in [1.82, 2.24) is 9.80 Å². The van der Waals surface area contributed by atoms with Gasteiger partial charge in [0.1, 0.15) is 5.75 Å². The van der Waals surface area contributed by atoms with Crippen molar-refractivity contribution in [3.05, 3.63) is 29.3 Å². The predicted molar refractivity (Wildman–Crippen MR) is 101 cm³/mol. The average Bonchev–Trinajstić information content (AvgIpc) is 2.65. The Morgan fingerprint density at radius 2 is 2.15 bits per heavy atom. The molecule has 0 aromatic heterocycles. The number of rotatable bonds is 3. The number of hydrogen-bond acceptors (Lipinski definition) is 4. The van der Waals surface area contributed by atoms with Gasteiger partial charge in [0.05, 0.1) is 13.0 Å². The van der Waals surface area contributed by atoms with Gasteiger partial charge in [-0.05, 0) is 69.1 Å². The summed E-state index contributed by atoms with van der Waals surface area (Å²) in [4.78, 5) is 16.6. The minimum atomic E-state index is -0.642. The molecule has 0 saturated carbocycles. The van der Waals surface area contributed by atoms with Crippen LogP contribution < -0.4 is 4.74 Å². The van der Waals surface area contributed by atoms with Crippen molar-refractivity contribution < 1.29 is 14.6 Å². The third-order valence-corrected chi connectivity index (χ3v) is 7.12. The Morgan fingerprint density at radius 1 is 1.35 bits per heavy atom. The van der Waals surface area contributed by atoms with Crippen LogP contribution in [0, 0.1) is 5.92 Å². The highest BCUT2D eigenvalue weighted by Gasteiger charge is 2.53. The number of fused-ring (bicyclic) bond motifs is 4. The molecule has 0 radical (unpaired) electrons. The first-order valence-electron chi connectivity index (χ1n) is 9.78. The molecule has 2 heterocycles. The normalized spacial score (nSPS) is 35.0. The number of likely N-dealkylation sites (N-methyl/N-ethyl adjacent to an activating group) is 1. The van der Waals surface area contributed by atoms with E-state index in [1.165, 1.54) is 11.1 Å². The van der Waals surface area contributed by atoms with Crippen LogP contribution in [0.5, 0.6) is 5.75 Å². The van der Waals surface area contributed by atoms with E-state index < -0.39 is 5.97 Å². The van der Waals surface area contributed by atoms with Crippen LogP contribution in [0.4, 0.5) is 0 Å². The second-order valence-corrected chi connectivity index (χ2v) is 8.56. The molecule has 2 fully saturated rings. The van der Waals surface area contributed by atoms with Gasteiger partial charge in [0.2, 0.25) is 0 Å². The van der Waals surface area contributed by atoms with Gasteiger partial charge >= 0.3 is 5.97 Å². The number of benzene rings is 1. The van der Waals surface area contributed by atoms with Gasteiger partial charge in [-0.2, -0.15) is 0 Å². The lowest BCUT2D eigenvalue weighted by atomic mass is 9.61. The standard InChI is InChI=1S/C21H30N2O3/c1-21-8-10-22(2)18(11-14-6-7-16(26-3)12-17(14)21)19(21)23-9-4-5-15(13-23)20(24)25/h6-7,12,15,18-19H,4-5,8-11,13H2,1-3H3,(H,24,25)/t15?,18?,19?,21-/m1/s1. The molecule has 2 bridgehead atoms. The van der Waals surface area contributed by atoms with Crippen LogP contribution in [0.15, 0.2) is 18.2 Å². The first-order valence-corrected chi connectivity index (χ1v) is 9.78. The Morgan fingerprint density at radius 3 is 2.88 bits per heavy atom. The molecule has 26 heavy (non-hydrogen) atoms. The molecule has 3 unspecified atom stereocenters. The highest BCUT2D eigenvalue weighted by Crippen LogP contribution is 2.48. The lowest BCUT2D eigenvalue weighted by molar-refractivity contribution is -0.145. The molecule has 0 amide bonds. The van der Waals surface area contributed by atoms with E-state index >= 15 is 0 Å². The number of aliphatic carboxylic acids is 1. The summed E-state index contributed by atoms with van der Waals surface area (Å²) >= 11 is 0. The van der Waals surface area contributed by atoms with Gasteiger partial charge in [0.25, 0.3) is 0 Å². The Balaban J connectivity index is 1.75. The van der Waals surface area contributed by atoms with Crippen molar-refractivity contribution in [2.45, 2.75) is 50.1 Å². The number of methoxy groups -OCH3 is 1. The van der Waals surface area contributed by atoms with Gasteiger partial charge in [-0.15, -0.1) is 0 Å². The van der Waals surface area contributed by atoms with Crippen LogP contribution in [-0.4, -0.2) is 66.8 Å². The summed E-state index contributed by atoms with van der Waals surface area (Å²) in [6.45, 7) is 5.16. The molecule has 5 nitrogen and oxygen atoms in total. The quantitative estimate of drug-likeness (QED) is 0.899. The second kappa shape index (κ2) is 6.54. The van der Waals surface area contributed by atoms with Crippen molar-refractivity contribution in [3.8, 4) is 5.75 Å². The fourth-order valence-corrected chi connectivity index (χ4v) is 5.67. The number of likely N-dealkylation sites (tertiary alicyclic amines) is 2. The Bertz CT molecular complexity index is 706. The third kappa shape index (κ3) is 2.72. The monoisotopic (exact) mass is 358 g/mol. The number of carboxylic acid groups (broad SMARTS) is 1. The molecule has 2 aliphatic heterocycles. The van der Waals surface area contributed by atoms with Crippen LogP contribution in [0.2, 0.25) is 0 Å². The number of ether oxygens (including phenoxy) is 1. The fraction of sp³-hybridized carbons (Fsp3) is 0.667. The van der Waals surface area contributed by atoms with E-state index in [9.17, 15) is 9.90 Å². The summed E-state index contributed by atoms with van der Waals surface area (Å²) in [5.74, 6) is 0.0458. The number of carbonyl (C=O) groups is 1. The van der Waals surface area contributed by atoms with Gasteiger partial charge in [-0.25, -0.2) is 0 Å². The number of carboxylic acids is 1. The summed E-state index contributed by atoms with van der Waals surface area (Å²) in [6, 6.07) is 7.33. The van der Waals surface area contributed by atoms with Crippen molar-refractivity contribution >= 4 is 5.97 Å². The van der Waals surface area contributed by atoms with Gasteiger partial charge < -0.3 is 14.7 Å². The van der Waals surface area contributed by atoms with E-state index in [-0.39, 0.29) is 11.3 Å². The van der Waals surface area contributed by atoms with Crippen LogP contribution >= 0.6 is 0 Å². The number of nitrogens with zero attached hydrogens (tertiary/aromatic N) is 2. The first kappa shape index (κ1) is 17.8. The zero-order valence-corrected chi connectivity index (χ0v) is 16.1. The topological polar surface area (TPSA) is 53.0 Å². The van der Waals surface area contributed by atoms with E-state index in [4.69, 9.17) is 4.74 Å². The molecule has 5 heteroatoms. The largest absolute Gasteiger partial charge is 0.497 e. The van der Waals surface area contributed by atoms with Gasteiger partial charge in [-0.3, -0.25) is 9.69 Å². The third-order valence-electron chi connectivity index (χ3n) is 7.12. The molecule has 0 spiro atoms. The van der Waals surface area contributed by atoms with Crippen molar-refractivity contribution in [2.75, 3.05) is 33.8 Å². The van der Waals surface area contributed by atoms with E-state index in [2.05, 4.69) is 42.0 Å². The zero-order chi connectivity index (χ0) is 18.5. The summed E-state index contributed by atoms with van der Waals surface area (Å²) < 4.78 is 5.51. The minimum Gasteiger partial charge on any atom is -0.497 e. The molecule has 1 N–H and O–H groups in total. The van der Waals surface area contributed by atoms with Gasteiger partial charge in [-0.1, -0.05) is 13.0 Å². The molecule has 2 saturated heterocycles. The molecule has 1 aromatic carbocycles. The average molecular weight is 358 g/mol. The van der Waals surface area contributed by atoms with Crippen LogP contribution in [0.3, 0.4) is 0 Å². The highest BCUT2D eigenvalue weighted by molar-refractivity contribution is 5.70. The smallest absolute Gasteiger partial charge is 0.307 e. The fourth-order valence-electron chi connectivity index (χ4n) is 5.67. The van der Waals surface area contributed by atoms with Crippen LogP contribution in [0.1, 0.15) is 37.3 Å². The molecule has 3 aliphatic rings. The zero-order valence-electron chi connectivity index (χ0n) is 16.1. The maximum Gasteiger partial charge on any atom is 0.307 e. The van der Waals surface area contributed by atoms with Crippen molar-refractivity contribution in [3.63, 3.8) is 0 Å². The van der Waals surface area contributed by atoms with E-state index in [1.54, 1.807) is 7.11 Å². The van der Waals surface area contributed by atoms with E-state index in [1.807, 2.05) is 0 Å². The summed E-state index contributed by atoms with van der Waals surface area (Å²) in [5, 5.41) is 9.55. The van der Waals surface area contributed by atoms with E-state index in [0.29, 0.717) is 18.6 Å². The molecule has 4 atom stereocenters. The van der Waals surface area contributed by atoms with Crippen LogP contribution in [0.25, 0.3) is 0 Å². The highest BCUT2D eigenvalue weighted by atomic mass is 16.5. The molecule has 142 valence electrons. The summed E-state index contributed by atoms with van der Waals surface area (Å²) in [6.07, 6.45) is 3.91. The van der Waals surface area contributed by atoms with Gasteiger partial charge in [0.15, 0.2) is 0 Å². The van der Waals surface area contributed by atoms with Gasteiger partial charge in [0, 0.05) is 24.0 Å². The number of hydrogen-bond donors (Lipinski definition) is 1. The Kier molecular flexibility index (Phi) is 4.48. The molecule has 1 aliphatic carbocycles. The molecular formula is C21H30N2O3. The maximum atomic E-state index is 11.6. The van der Waals surface area contributed by atoms with Crippen LogP contribution in [-0.2, 0) is 16.6 Å². The van der Waals surface area contributed by atoms with Crippen molar-refractivity contribution in [2.24, 2.45) is 5.92 Å². The Labute approximate surface area is 155 Å².